The van der Waals surface area contributed by atoms with Crippen LogP contribution in [0.15, 0.2) is 42.5 Å². The number of hydrogen-bond donors (Lipinski definition) is 1. The zero-order valence-corrected chi connectivity index (χ0v) is 14.1. The highest BCUT2D eigenvalue weighted by Crippen LogP contribution is 2.28. The first-order chi connectivity index (χ1) is 11.9. The van der Waals surface area contributed by atoms with E-state index in [4.69, 9.17) is 4.74 Å². The van der Waals surface area contributed by atoms with Crippen molar-refractivity contribution in [3.63, 3.8) is 0 Å². The molecule has 0 aliphatic rings. The highest BCUT2D eigenvalue weighted by atomic mass is 16.6. The molecule has 0 atom stereocenters. The predicted octanol–water partition coefficient (Wildman–Crippen LogP) is 4.32. The molecule has 25 heavy (non-hydrogen) atoms. The number of carboxylic acid groups (broad SMARTS) is 1. The van der Waals surface area contributed by atoms with Gasteiger partial charge in [-0.3, -0.25) is 10.1 Å². The lowest BCUT2D eigenvalue weighted by molar-refractivity contribution is -0.385. The molecule has 2 rings (SSSR count). The Morgan fingerprint density at radius 2 is 2.00 bits per heavy atom. The van der Waals surface area contributed by atoms with Crippen molar-refractivity contribution in [1.29, 1.82) is 0 Å². The molecule has 0 bridgehead atoms. The topological polar surface area (TPSA) is 89.7 Å². The van der Waals surface area contributed by atoms with Crippen molar-refractivity contribution in [2.24, 2.45) is 0 Å². The molecule has 0 saturated heterocycles. The number of benzene rings is 2. The first-order valence-electron chi connectivity index (χ1n) is 7.86. The number of nitrogens with zero attached hydrogens (tertiary/aromatic N) is 1. The smallest absolute Gasteiger partial charge is 0.336 e. The van der Waals surface area contributed by atoms with E-state index in [2.05, 4.69) is 0 Å². The average molecular weight is 341 g/mol. The fourth-order valence-electron chi connectivity index (χ4n) is 2.39. The van der Waals surface area contributed by atoms with Gasteiger partial charge in [-0.1, -0.05) is 25.1 Å². The van der Waals surface area contributed by atoms with Crippen molar-refractivity contribution >= 4 is 23.3 Å². The molecule has 130 valence electrons. The molecule has 0 fully saturated rings. The molecule has 0 spiro atoms. The lowest BCUT2D eigenvalue weighted by Gasteiger charge is -2.10. The summed E-state index contributed by atoms with van der Waals surface area (Å²) in [6.07, 6.45) is 2.20. The zero-order valence-electron chi connectivity index (χ0n) is 14.1. The van der Waals surface area contributed by atoms with E-state index in [-0.39, 0.29) is 16.8 Å². The normalized spacial score (nSPS) is 11.2. The Kier molecular flexibility index (Phi) is 5.89. The second kappa shape index (κ2) is 8.10. The Labute approximate surface area is 145 Å². The van der Waals surface area contributed by atoms with E-state index in [1.165, 1.54) is 18.2 Å². The fourth-order valence-corrected chi connectivity index (χ4v) is 2.39. The molecule has 1 N–H and O–H groups in total. The molecule has 2 aromatic rings. The molecule has 6 heteroatoms. The van der Waals surface area contributed by atoms with Crippen molar-refractivity contribution in [2.75, 3.05) is 6.61 Å². The Balaban J connectivity index is 2.47. The van der Waals surface area contributed by atoms with Gasteiger partial charge in [0.05, 0.1) is 22.7 Å². The van der Waals surface area contributed by atoms with Gasteiger partial charge in [-0.05, 0) is 48.7 Å². The zero-order chi connectivity index (χ0) is 18.4. The summed E-state index contributed by atoms with van der Waals surface area (Å²) in [6.45, 7) is 4.42. The van der Waals surface area contributed by atoms with Gasteiger partial charge in [0, 0.05) is 6.07 Å². The molecule has 0 amide bonds. The van der Waals surface area contributed by atoms with Gasteiger partial charge in [0.25, 0.3) is 5.69 Å². The molecule has 0 heterocycles. The summed E-state index contributed by atoms with van der Waals surface area (Å²) < 4.78 is 5.59. The third kappa shape index (κ3) is 4.44. The molecule has 0 aliphatic carbocycles. The van der Waals surface area contributed by atoms with Gasteiger partial charge in [0.15, 0.2) is 0 Å². The van der Waals surface area contributed by atoms with Crippen LogP contribution in [0.5, 0.6) is 5.75 Å². The van der Waals surface area contributed by atoms with Gasteiger partial charge < -0.3 is 9.84 Å². The Morgan fingerprint density at radius 3 is 2.60 bits per heavy atom. The maximum absolute atomic E-state index is 11.7. The summed E-state index contributed by atoms with van der Waals surface area (Å²) in [5, 5.41) is 20.7. The second-order valence-electron chi connectivity index (χ2n) is 5.51. The minimum absolute atomic E-state index is 0.0144. The van der Waals surface area contributed by atoms with Gasteiger partial charge in [0.2, 0.25) is 0 Å². The molecule has 2 aromatic carbocycles. The minimum Gasteiger partial charge on any atom is -0.493 e. The van der Waals surface area contributed by atoms with Crippen LogP contribution in [0.3, 0.4) is 0 Å². The van der Waals surface area contributed by atoms with Crippen LogP contribution in [0, 0.1) is 17.0 Å². The highest BCUT2D eigenvalue weighted by molar-refractivity contribution is 6.21. The van der Waals surface area contributed by atoms with Crippen LogP contribution in [0.1, 0.15) is 30.0 Å². The van der Waals surface area contributed by atoms with Crippen LogP contribution in [0.2, 0.25) is 0 Å². The summed E-state index contributed by atoms with van der Waals surface area (Å²) in [7, 11) is 0. The lowest BCUT2D eigenvalue weighted by Crippen LogP contribution is -2.02. The maximum atomic E-state index is 11.7. The van der Waals surface area contributed by atoms with Gasteiger partial charge in [0.1, 0.15) is 5.75 Å². The predicted molar refractivity (Wildman–Crippen MR) is 95.6 cm³/mol. The minimum atomic E-state index is -1.15. The van der Waals surface area contributed by atoms with Crippen molar-refractivity contribution in [1.82, 2.24) is 0 Å². The van der Waals surface area contributed by atoms with Gasteiger partial charge >= 0.3 is 5.97 Å². The van der Waals surface area contributed by atoms with Crippen LogP contribution in [-0.4, -0.2) is 22.6 Å². The van der Waals surface area contributed by atoms with E-state index in [1.54, 1.807) is 30.3 Å². The van der Waals surface area contributed by atoms with Gasteiger partial charge in [-0.25, -0.2) is 4.79 Å². The SMILES string of the molecule is CCCOc1ccc(/C(=C/c2ccccc2[N+](=O)[O-])C(=O)O)cc1C. The quantitative estimate of drug-likeness (QED) is 0.351. The Hall–Kier alpha value is -3.15. The van der Waals surface area contributed by atoms with Crippen LogP contribution >= 0.6 is 0 Å². The van der Waals surface area contributed by atoms with Crippen molar-refractivity contribution in [3.05, 3.63) is 69.3 Å². The number of nitro benzene ring substituents is 1. The molecular formula is C19H19NO5. The van der Waals surface area contributed by atoms with E-state index < -0.39 is 10.9 Å². The molecule has 0 aromatic heterocycles. The van der Waals surface area contributed by atoms with Crippen molar-refractivity contribution in [2.45, 2.75) is 20.3 Å². The maximum Gasteiger partial charge on any atom is 0.336 e. The van der Waals surface area contributed by atoms with E-state index in [0.29, 0.717) is 17.9 Å². The molecule has 0 aliphatic heterocycles. The van der Waals surface area contributed by atoms with Gasteiger partial charge in [-0.15, -0.1) is 0 Å². The summed E-state index contributed by atoms with van der Waals surface area (Å²) >= 11 is 0. The van der Waals surface area contributed by atoms with Crippen LogP contribution < -0.4 is 4.74 Å². The van der Waals surface area contributed by atoms with Crippen LogP contribution in [-0.2, 0) is 4.79 Å². The number of para-hydroxylation sites is 1. The summed E-state index contributed by atoms with van der Waals surface area (Å²) in [6, 6.07) is 11.1. The first kappa shape index (κ1) is 18.2. The number of carboxylic acids is 1. The lowest BCUT2D eigenvalue weighted by atomic mass is 10.00. The highest BCUT2D eigenvalue weighted by Gasteiger charge is 2.16. The number of aryl methyl sites for hydroxylation is 1. The third-order valence-corrected chi connectivity index (χ3v) is 3.61. The van der Waals surface area contributed by atoms with E-state index in [1.807, 2.05) is 13.8 Å². The number of aliphatic carboxylic acids is 1. The Morgan fingerprint density at radius 1 is 1.28 bits per heavy atom. The number of hydrogen-bond acceptors (Lipinski definition) is 4. The van der Waals surface area contributed by atoms with Crippen molar-refractivity contribution in [3.8, 4) is 5.75 Å². The van der Waals surface area contributed by atoms with E-state index in [0.717, 1.165) is 12.0 Å². The molecule has 0 unspecified atom stereocenters. The average Bonchev–Trinajstić information content (AvgIpc) is 2.58. The summed E-state index contributed by atoms with van der Waals surface area (Å²) in [5.74, 6) is -0.458. The Bertz CT molecular complexity index is 826. The standard InChI is InChI=1S/C19H19NO5/c1-3-10-25-18-9-8-14(11-13(18)2)16(19(21)22)12-15-6-4-5-7-17(15)20(23)24/h4-9,11-12H,3,10H2,1-2H3,(H,21,22)/b16-12-. The van der Waals surface area contributed by atoms with Crippen molar-refractivity contribution < 1.29 is 19.6 Å². The number of ether oxygens (including phenoxy) is 1. The van der Waals surface area contributed by atoms with E-state index in [9.17, 15) is 20.0 Å². The number of rotatable bonds is 7. The molecule has 0 saturated carbocycles. The van der Waals surface area contributed by atoms with E-state index >= 15 is 0 Å². The summed E-state index contributed by atoms with van der Waals surface area (Å²) in [5.41, 5.74) is 1.36. The first-order valence-corrected chi connectivity index (χ1v) is 7.86. The second-order valence-corrected chi connectivity index (χ2v) is 5.51. The molecular weight excluding hydrogens is 322 g/mol. The summed E-state index contributed by atoms with van der Waals surface area (Å²) in [4.78, 5) is 22.3. The van der Waals surface area contributed by atoms with Crippen LogP contribution in [0.4, 0.5) is 5.69 Å². The molecule has 0 radical (unpaired) electrons. The van der Waals surface area contributed by atoms with Crippen LogP contribution in [0.25, 0.3) is 11.6 Å². The number of carbonyl (C=O) groups is 1. The fraction of sp³-hybridized carbons (Fsp3) is 0.211. The third-order valence-electron chi connectivity index (χ3n) is 3.61. The largest absolute Gasteiger partial charge is 0.493 e. The number of nitro groups is 1. The van der Waals surface area contributed by atoms with Gasteiger partial charge in [-0.2, -0.15) is 0 Å². The monoisotopic (exact) mass is 341 g/mol. The molecule has 6 nitrogen and oxygen atoms in total.